The molecule has 1 saturated carbocycles. The minimum Gasteiger partial charge on any atom is -0.196 e. The zero-order valence-electron chi connectivity index (χ0n) is 10.5. The standard InChI is InChI=1S/C16H17N2/c17-11-15(12-18)16(13-7-3-1-4-8-13)14-9-5-2-6-10-14/h1,3-4,7-8,14,16H,2,5-6,9-10H2/t16-/m0/s1. The van der Waals surface area contributed by atoms with Crippen LogP contribution in [0.2, 0.25) is 0 Å². The highest BCUT2D eigenvalue weighted by molar-refractivity contribution is 5.40. The Hall–Kier alpha value is -1.80. The lowest BCUT2D eigenvalue weighted by molar-refractivity contribution is 0.320. The highest BCUT2D eigenvalue weighted by atomic mass is 14.4. The van der Waals surface area contributed by atoms with Gasteiger partial charge in [0.15, 0.2) is 5.92 Å². The first kappa shape index (κ1) is 12.7. The summed E-state index contributed by atoms with van der Waals surface area (Å²) in [7, 11) is 0. The minimum absolute atomic E-state index is 0.00139. The molecule has 0 saturated heterocycles. The average Bonchev–Trinajstić information content (AvgIpc) is 2.46. The van der Waals surface area contributed by atoms with Crippen LogP contribution in [0.1, 0.15) is 43.6 Å². The number of rotatable bonds is 3. The summed E-state index contributed by atoms with van der Waals surface area (Å²) in [6, 6.07) is 14.2. The van der Waals surface area contributed by atoms with Gasteiger partial charge in [-0.05, 0) is 24.3 Å². The van der Waals surface area contributed by atoms with E-state index in [4.69, 9.17) is 0 Å². The van der Waals surface area contributed by atoms with Crippen LogP contribution in [-0.2, 0) is 0 Å². The Morgan fingerprint density at radius 2 is 1.61 bits per heavy atom. The zero-order chi connectivity index (χ0) is 12.8. The average molecular weight is 237 g/mol. The Kier molecular flexibility index (Phi) is 4.37. The Morgan fingerprint density at radius 1 is 1.00 bits per heavy atom. The second-order valence-electron chi connectivity index (χ2n) is 4.92. The SMILES string of the molecule is N#C[C](C#N)[C@@H](c1ccccc1)C1CCCCC1. The maximum absolute atomic E-state index is 9.18. The van der Waals surface area contributed by atoms with E-state index in [0.29, 0.717) is 11.8 Å². The van der Waals surface area contributed by atoms with Crippen LogP contribution in [0, 0.1) is 34.5 Å². The van der Waals surface area contributed by atoms with E-state index in [-0.39, 0.29) is 5.92 Å². The molecule has 0 N–H and O–H groups in total. The van der Waals surface area contributed by atoms with E-state index in [2.05, 4.69) is 12.1 Å². The van der Waals surface area contributed by atoms with Gasteiger partial charge in [0.2, 0.25) is 0 Å². The fraction of sp³-hybridized carbons (Fsp3) is 0.438. The summed E-state index contributed by atoms with van der Waals surface area (Å²) in [4.78, 5) is 0. The van der Waals surface area contributed by atoms with Gasteiger partial charge < -0.3 is 0 Å². The van der Waals surface area contributed by atoms with Crippen LogP contribution in [0.4, 0.5) is 0 Å². The molecular formula is C16H17N2. The van der Waals surface area contributed by atoms with Gasteiger partial charge in [-0.2, -0.15) is 10.5 Å². The van der Waals surface area contributed by atoms with Gasteiger partial charge in [0.1, 0.15) is 0 Å². The Balaban J connectivity index is 2.29. The molecule has 1 aliphatic carbocycles. The molecule has 0 aromatic heterocycles. The molecule has 2 heteroatoms. The quantitative estimate of drug-likeness (QED) is 0.798. The van der Waals surface area contributed by atoms with E-state index >= 15 is 0 Å². The van der Waals surface area contributed by atoms with Gasteiger partial charge in [0, 0.05) is 5.92 Å². The summed E-state index contributed by atoms with van der Waals surface area (Å²) in [5, 5.41) is 18.4. The summed E-state index contributed by atoms with van der Waals surface area (Å²) in [5.74, 6) is 0.824. The molecule has 1 atom stereocenters. The smallest absolute Gasteiger partial charge is 0.183 e. The maximum atomic E-state index is 9.18. The Labute approximate surface area is 109 Å². The molecule has 18 heavy (non-hydrogen) atoms. The van der Waals surface area contributed by atoms with E-state index < -0.39 is 0 Å². The van der Waals surface area contributed by atoms with Crippen molar-refractivity contribution in [3.63, 3.8) is 0 Å². The van der Waals surface area contributed by atoms with Crippen LogP contribution in [0.3, 0.4) is 0 Å². The molecule has 2 nitrogen and oxygen atoms in total. The first-order valence-corrected chi connectivity index (χ1v) is 6.59. The van der Waals surface area contributed by atoms with Crippen LogP contribution < -0.4 is 0 Å². The molecule has 1 aromatic carbocycles. The molecule has 0 unspecified atom stereocenters. The highest BCUT2D eigenvalue weighted by Gasteiger charge is 2.32. The van der Waals surface area contributed by atoms with Gasteiger partial charge in [0.25, 0.3) is 0 Å². The van der Waals surface area contributed by atoms with Crippen LogP contribution in [0.25, 0.3) is 0 Å². The molecular weight excluding hydrogens is 220 g/mol. The van der Waals surface area contributed by atoms with Crippen molar-refractivity contribution in [2.24, 2.45) is 5.92 Å². The number of hydrogen-bond acceptors (Lipinski definition) is 2. The third kappa shape index (κ3) is 2.71. The van der Waals surface area contributed by atoms with E-state index in [1.54, 1.807) is 0 Å². The zero-order valence-corrected chi connectivity index (χ0v) is 10.5. The molecule has 1 aromatic rings. The molecule has 2 rings (SSSR count). The predicted molar refractivity (Wildman–Crippen MR) is 70.2 cm³/mol. The van der Waals surface area contributed by atoms with E-state index in [1.165, 1.54) is 19.3 Å². The Bertz CT molecular complexity index is 432. The molecule has 1 fully saturated rings. The van der Waals surface area contributed by atoms with Gasteiger partial charge in [0.05, 0.1) is 12.1 Å². The van der Waals surface area contributed by atoms with E-state index in [9.17, 15) is 10.5 Å². The second-order valence-corrected chi connectivity index (χ2v) is 4.92. The van der Waals surface area contributed by atoms with Gasteiger partial charge in [-0.25, -0.2) is 0 Å². The summed E-state index contributed by atoms with van der Waals surface area (Å²) in [5.41, 5.74) is 1.11. The lowest BCUT2D eigenvalue weighted by Gasteiger charge is -2.30. The van der Waals surface area contributed by atoms with Crippen molar-refractivity contribution in [2.75, 3.05) is 0 Å². The summed E-state index contributed by atoms with van der Waals surface area (Å²) < 4.78 is 0. The van der Waals surface area contributed by atoms with Crippen molar-refractivity contribution in [3.05, 3.63) is 41.8 Å². The molecule has 0 aliphatic heterocycles. The van der Waals surface area contributed by atoms with Gasteiger partial charge in [-0.15, -0.1) is 0 Å². The first-order chi connectivity index (χ1) is 8.86. The summed E-state index contributed by atoms with van der Waals surface area (Å²) in [6.45, 7) is 0. The van der Waals surface area contributed by atoms with Crippen LogP contribution >= 0.6 is 0 Å². The highest BCUT2D eigenvalue weighted by Crippen LogP contribution is 2.41. The normalized spacial score (nSPS) is 17.9. The molecule has 0 heterocycles. The van der Waals surface area contributed by atoms with E-state index in [0.717, 1.165) is 18.4 Å². The number of hydrogen-bond donors (Lipinski definition) is 0. The molecule has 0 amide bonds. The molecule has 0 spiro atoms. The summed E-state index contributed by atoms with van der Waals surface area (Å²) >= 11 is 0. The van der Waals surface area contributed by atoms with Crippen molar-refractivity contribution in [1.29, 1.82) is 10.5 Å². The fourth-order valence-corrected chi connectivity index (χ4v) is 2.97. The lowest BCUT2D eigenvalue weighted by atomic mass is 9.71. The Morgan fingerprint density at radius 3 is 2.17 bits per heavy atom. The van der Waals surface area contributed by atoms with Crippen LogP contribution in [0.5, 0.6) is 0 Å². The van der Waals surface area contributed by atoms with Crippen LogP contribution in [-0.4, -0.2) is 0 Å². The van der Waals surface area contributed by atoms with Crippen molar-refractivity contribution in [1.82, 2.24) is 0 Å². The monoisotopic (exact) mass is 237 g/mol. The predicted octanol–water partition coefficient (Wildman–Crippen LogP) is 3.97. The molecule has 1 aliphatic rings. The second kappa shape index (κ2) is 6.22. The topological polar surface area (TPSA) is 47.6 Å². The summed E-state index contributed by atoms with van der Waals surface area (Å²) in [6.07, 6.45) is 5.99. The first-order valence-electron chi connectivity index (χ1n) is 6.59. The van der Waals surface area contributed by atoms with Gasteiger partial charge >= 0.3 is 0 Å². The molecule has 1 radical (unpaired) electrons. The maximum Gasteiger partial charge on any atom is 0.183 e. The van der Waals surface area contributed by atoms with Crippen molar-refractivity contribution in [3.8, 4) is 12.1 Å². The molecule has 0 bridgehead atoms. The van der Waals surface area contributed by atoms with Gasteiger partial charge in [-0.3, -0.25) is 0 Å². The number of nitrogens with zero attached hydrogens (tertiary/aromatic N) is 2. The van der Waals surface area contributed by atoms with Crippen molar-refractivity contribution < 1.29 is 0 Å². The largest absolute Gasteiger partial charge is 0.196 e. The molecule has 91 valence electrons. The van der Waals surface area contributed by atoms with Gasteiger partial charge in [-0.1, -0.05) is 49.6 Å². The van der Waals surface area contributed by atoms with Crippen LogP contribution in [0.15, 0.2) is 30.3 Å². The van der Waals surface area contributed by atoms with Crippen molar-refractivity contribution >= 4 is 0 Å². The third-order valence-electron chi connectivity index (χ3n) is 3.83. The van der Waals surface area contributed by atoms with Crippen molar-refractivity contribution in [2.45, 2.75) is 38.0 Å². The fourth-order valence-electron chi connectivity index (χ4n) is 2.97. The van der Waals surface area contributed by atoms with E-state index in [1.807, 2.05) is 30.3 Å². The third-order valence-corrected chi connectivity index (χ3v) is 3.83. The lowest BCUT2D eigenvalue weighted by Crippen LogP contribution is -2.21. The number of benzene rings is 1. The minimum atomic E-state index is 0.00139. The number of nitriles is 2.